The van der Waals surface area contributed by atoms with Crippen LogP contribution in [0.4, 0.5) is 0 Å². The molecule has 8 rings (SSSR count). The summed E-state index contributed by atoms with van der Waals surface area (Å²) < 4.78 is 21.4. The Morgan fingerprint density at radius 2 is 0.770 bits per heavy atom. The van der Waals surface area contributed by atoms with Gasteiger partial charge in [-0.25, -0.2) is 0 Å². The molecule has 22 nitrogen and oxygen atoms in total. The first-order valence-corrected chi connectivity index (χ1v) is 17.6. The fraction of sp³-hybridized carbons (Fsp3) is 0.316. The third-order valence-corrected chi connectivity index (χ3v) is 10.4. The second-order valence-electron chi connectivity index (χ2n) is 14.1. The van der Waals surface area contributed by atoms with E-state index in [2.05, 4.69) is 0 Å². The van der Waals surface area contributed by atoms with Crippen molar-refractivity contribution in [3.05, 3.63) is 68.0 Å². The van der Waals surface area contributed by atoms with Crippen molar-refractivity contribution in [3.63, 3.8) is 0 Å². The summed E-state index contributed by atoms with van der Waals surface area (Å²) in [6, 6.07) is 5.62. The van der Waals surface area contributed by atoms with E-state index in [1.807, 2.05) is 0 Å². The van der Waals surface area contributed by atoms with Crippen molar-refractivity contribution in [3.8, 4) is 46.0 Å². The molecule has 0 bridgehead atoms. The van der Waals surface area contributed by atoms with Crippen molar-refractivity contribution >= 4 is 81.6 Å². The van der Waals surface area contributed by atoms with E-state index >= 15 is 0 Å². The summed E-state index contributed by atoms with van der Waals surface area (Å²) in [7, 11) is 0. The third kappa shape index (κ3) is 7.58. The van der Waals surface area contributed by atoms with Gasteiger partial charge >= 0.3 is 37.7 Å². The summed E-state index contributed by atoms with van der Waals surface area (Å²) in [4.78, 5) is 25.7. The van der Waals surface area contributed by atoms with Crippen LogP contribution in [0.5, 0.6) is 46.0 Å². The third-order valence-electron chi connectivity index (χ3n) is 10.4. The van der Waals surface area contributed by atoms with Crippen LogP contribution in [0.3, 0.4) is 0 Å². The maximum atomic E-state index is 13.1. The molecular weight excluding hydrogens is 848 g/mol. The number of phenolic OH excluding ortho intramolecular Hbond substituents is 6. The topological polar surface area (TPSA) is 408 Å². The number of aliphatic hydroxyl groups excluding tert-OH is 8. The number of aliphatic hydroxyl groups is 8. The maximum absolute atomic E-state index is 13.1. The molecule has 2 fully saturated rings. The zero-order valence-electron chi connectivity index (χ0n) is 30.9. The standard InChI is InChI=1S/2C19H18O11.Ca/c2*20-4-11-15(25)17(27)18(28)19(30-11)12-8(23)3-10-13(16(12)26)14(24)5-1-6(21)7(22)2-9(5)29-10;/h2*1-3,11,15,17-23,25-28H,4H2;/q;;+2/p-2/t2*11-,15-,17+,18-,19+;/m11./s1. The number of benzene rings is 4. The van der Waals surface area contributed by atoms with Gasteiger partial charge in [-0.2, -0.15) is 0 Å². The Bertz CT molecular complexity index is 2590. The van der Waals surface area contributed by atoms with E-state index in [0.29, 0.717) is 0 Å². The molecule has 0 saturated carbocycles. The van der Waals surface area contributed by atoms with Gasteiger partial charge in [0.1, 0.15) is 94.9 Å². The van der Waals surface area contributed by atoms with Crippen molar-refractivity contribution in [1.82, 2.24) is 0 Å². The van der Waals surface area contributed by atoms with Gasteiger partial charge in [0.25, 0.3) is 0 Å². The molecule has 4 heterocycles. The molecule has 10 atom stereocenters. The van der Waals surface area contributed by atoms with Gasteiger partial charge in [0, 0.05) is 35.4 Å². The van der Waals surface area contributed by atoms with Crippen LogP contribution < -0.4 is 21.1 Å². The Kier molecular flexibility index (Phi) is 12.8. The number of aromatic hydroxyl groups is 6. The van der Waals surface area contributed by atoms with Gasteiger partial charge in [-0.1, -0.05) is 11.5 Å². The Hall–Kier alpha value is -4.92. The number of phenols is 6. The van der Waals surface area contributed by atoms with Gasteiger partial charge in [-0.3, -0.25) is 9.59 Å². The molecule has 4 aromatic carbocycles. The predicted octanol–water partition coefficient (Wildman–Crippen LogP) is -3.08. The average Bonchev–Trinajstić information content (AvgIpc) is 3.19. The van der Waals surface area contributed by atoms with E-state index in [1.54, 1.807) is 0 Å². The molecule has 0 unspecified atom stereocenters. The van der Waals surface area contributed by atoms with Crippen molar-refractivity contribution in [2.45, 2.75) is 61.0 Å². The molecule has 14 N–H and O–H groups in total. The van der Waals surface area contributed by atoms with E-state index in [0.717, 1.165) is 36.4 Å². The van der Waals surface area contributed by atoms with E-state index < -0.39 is 153 Å². The van der Waals surface area contributed by atoms with E-state index in [4.69, 9.17) is 18.3 Å². The summed E-state index contributed by atoms with van der Waals surface area (Å²) in [6.07, 6.45) is -16.7. The van der Waals surface area contributed by atoms with Crippen LogP contribution in [-0.4, -0.2) is 171 Å². The number of hydrogen-bond donors (Lipinski definition) is 14. The van der Waals surface area contributed by atoms with Gasteiger partial charge in [-0.05, 0) is 12.1 Å². The molecule has 320 valence electrons. The summed E-state index contributed by atoms with van der Waals surface area (Å²) in [5.41, 5.74) is -3.86. The first kappa shape index (κ1) is 45.6. The zero-order valence-corrected chi connectivity index (χ0v) is 33.1. The molecule has 0 amide bonds. The van der Waals surface area contributed by atoms with Crippen molar-refractivity contribution in [2.75, 3.05) is 13.2 Å². The van der Waals surface area contributed by atoms with Crippen LogP contribution in [0, 0.1) is 0 Å². The second kappa shape index (κ2) is 17.1. The van der Waals surface area contributed by atoms with Crippen LogP contribution in [0.2, 0.25) is 0 Å². The summed E-state index contributed by atoms with van der Waals surface area (Å²) >= 11 is 0. The Balaban J connectivity index is 0.000000201. The van der Waals surface area contributed by atoms with Gasteiger partial charge in [0.2, 0.25) is 0 Å². The first-order chi connectivity index (χ1) is 28.3. The Morgan fingerprint density at radius 1 is 0.459 bits per heavy atom. The van der Waals surface area contributed by atoms with Crippen LogP contribution >= 0.6 is 0 Å². The molecule has 2 saturated heterocycles. The zero-order chi connectivity index (χ0) is 43.8. The number of rotatable bonds is 4. The van der Waals surface area contributed by atoms with Crippen LogP contribution in [-0.2, 0) is 9.47 Å². The Morgan fingerprint density at radius 3 is 1.10 bits per heavy atom. The Labute approximate surface area is 368 Å². The van der Waals surface area contributed by atoms with Crippen LogP contribution in [0.15, 0.2) is 54.8 Å². The fourth-order valence-electron chi connectivity index (χ4n) is 7.24. The number of ether oxygens (including phenoxy) is 2. The van der Waals surface area contributed by atoms with E-state index in [1.165, 1.54) is 0 Å². The smallest absolute Gasteiger partial charge is 0.872 e. The van der Waals surface area contributed by atoms with Crippen molar-refractivity contribution in [2.24, 2.45) is 0 Å². The summed E-state index contributed by atoms with van der Waals surface area (Å²) in [5, 5.41) is 163. The van der Waals surface area contributed by atoms with E-state index in [9.17, 15) is 91.3 Å². The molecule has 6 aromatic rings. The molecular formula is C38H34CaO22. The van der Waals surface area contributed by atoms with E-state index in [-0.39, 0.29) is 70.8 Å². The normalized spacial score (nSPS) is 26.6. The minimum absolute atomic E-state index is 0. The predicted molar refractivity (Wildman–Crippen MR) is 200 cm³/mol. The molecule has 0 radical (unpaired) electrons. The maximum Gasteiger partial charge on any atom is 2.00 e. The van der Waals surface area contributed by atoms with Gasteiger partial charge in [0.15, 0.2) is 33.9 Å². The molecule has 0 aliphatic carbocycles. The minimum Gasteiger partial charge on any atom is -0.872 e. The first-order valence-electron chi connectivity index (χ1n) is 17.6. The fourth-order valence-corrected chi connectivity index (χ4v) is 7.24. The minimum atomic E-state index is -1.85. The quantitative estimate of drug-likeness (QED) is 0.0474. The number of fused-ring (bicyclic) bond motifs is 4. The van der Waals surface area contributed by atoms with Gasteiger partial charge in [0.05, 0.1) is 34.8 Å². The molecule has 2 aromatic heterocycles. The van der Waals surface area contributed by atoms with Gasteiger partial charge in [-0.15, -0.1) is 0 Å². The molecule has 61 heavy (non-hydrogen) atoms. The number of hydrogen-bond acceptors (Lipinski definition) is 22. The molecule has 0 spiro atoms. The van der Waals surface area contributed by atoms with Crippen LogP contribution in [0.1, 0.15) is 23.3 Å². The molecule has 2 aliphatic heterocycles. The monoisotopic (exact) mass is 882 g/mol. The average molecular weight is 883 g/mol. The molecule has 2 aliphatic rings. The summed E-state index contributed by atoms with van der Waals surface area (Å²) in [5.74, 6) is -5.94. The second-order valence-corrected chi connectivity index (χ2v) is 14.1. The van der Waals surface area contributed by atoms with Crippen LogP contribution in [0.25, 0.3) is 43.9 Å². The molecule has 23 heteroatoms. The van der Waals surface area contributed by atoms with Crippen molar-refractivity contribution in [1.29, 1.82) is 0 Å². The largest absolute Gasteiger partial charge is 2.00 e. The van der Waals surface area contributed by atoms with Gasteiger partial charge < -0.3 is 100 Å². The van der Waals surface area contributed by atoms with Crippen molar-refractivity contribution < 1.29 is 100 Å². The SMILES string of the molecule is O=c1c2cc(O)c(O)cc2oc2cc(O)c([C@@H]3O[C@H](CO)[C@@H](O)[C@H](O)[C@H]3O)c([O-])c12.O=c1c2cc(O)c(O)cc2oc2cc(O)c([C@@H]3O[C@H](CO)[C@@H](O)[C@H](O)[C@H]3O)c([O-])c12.[Ca+2]. The summed E-state index contributed by atoms with van der Waals surface area (Å²) in [6.45, 7) is -1.50.